The van der Waals surface area contributed by atoms with Crippen molar-refractivity contribution in [3.63, 3.8) is 0 Å². The highest BCUT2D eigenvalue weighted by atomic mass is 32.1. The van der Waals surface area contributed by atoms with Crippen molar-refractivity contribution >= 4 is 11.3 Å². The van der Waals surface area contributed by atoms with Gasteiger partial charge in [0.15, 0.2) is 0 Å². The zero-order valence-electron chi connectivity index (χ0n) is 9.47. The number of thiazole rings is 1. The molecule has 0 saturated carbocycles. The fraction of sp³-hybridized carbons (Fsp3) is 0.308. The largest absolute Gasteiger partial charge is 0.388 e. The number of rotatable bonds is 3. The Labute approximate surface area is 99.6 Å². The fourth-order valence-corrected chi connectivity index (χ4v) is 2.35. The van der Waals surface area contributed by atoms with Crippen LogP contribution >= 0.6 is 11.3 Å². The van der Waals surface area contributed by atoms with Gasteiger partial charge in [0.1, 0.15) is 5.01 Å². The highest BCUT2D eigenvalue weighted by Crippen LogP contribution is 2.28. The standard InChI is InChI=1S/C13H15NOS/c1-3-10-4-6-11(7-5-10)13-14-8-12(16-13)9(2)15/h4-9,15H,3H2,1-2H3. The monoisotopic (exact) mass is 233 g/mol. The van der Waals surface area contributed by atoms with Gasteiger partial charge in [-0.15, -0.1) is 11.3 Å². The molecule has 1 aromatic heterocycles. The predicted octanol–water partition coefficient (Wildman–Crippen LogP) is 3.43. The van der Waals surface area contributed by atoms with Gasteiger partial charge in [-0.25, -0.2) is 4.98 Å². The van der Waals surface area contributed by atoms with Gasteiger partial charge in [-0.2, -0.15) is 0 Å². The lowest BCUT2D eigenvalue weighted by Crippen LogP contribution is -1.83. The Bertz CT molecular complexity index is 459. The summed E-state index contributed by atoms with van der Waals surface area (Å²) in [5, 5.41) is 10.4. The van der Waals surface area contributed by atoms with Gasteiger partial charge in [0.2, 0.25) is 0 Å². The molecule has 0 radical (unpaired) electrons. The number of aryl methyl sites for hydroxylation is 1. The topological polar surface area (TPSA) is 33.1 Å². The van der Waals surface area contributed by atoms with Gasteiger partial charge in [0.05, 0.1) is 11.0 Å². The van der Waals surface area contributed by atoms with Crippen LogP contribution in [0, 0.1) is 0 Å². The van der Waals surface area contributed by atoms with Crippen LogP contribution in [0.25, 0.3) is 10.6 Å². The van der Waals surface area contributed by atoms with Crippen LogP contribution in [0.2, 0.25) is 0 Å². The average molecular weight is 233 g/mol. The lowest BCUT2D eigenvalue weighted by atomic mass is 10.1. The second kappa shape index (κ2) is 4.76. The molecule has 3 heteroatoms. The second-order valence-corrected chi connectivity index (χ2v) is 4.86. The average Bonchev–Trinajstić information content (AvgIpc) is 2.78. The zero-order valence-corrected chi connectivity index (χ0v) is 10.3. The van der Waals surface area contributed by atoms with E-state index < -0.39 is 6.10 Å². The molecular formula is C13H15NOS. The SMILES string of the molecule is CCc1ccc(-c2ncc(C(C)O)s2)cc1. The quantitative estimate of drug-likeness (QED) is 0.881. The first kappa shape index (κ1) is 11.3. The highest BCUT2D eigenvalue weighted by molar-refractivity contribution is 7.15. The predicted molar refractivity (Wildman–Crippen MR) is 67.6 cm³/mol. The molecule has 84 valence electrons. The maximum absolute atomic E-state index is 9.44. The zero-order chi connectivity index (χ0) is 11.5. The van der Waals surface area contributed by atoms with E-state index in [2.05, 4.69) is 36.2 Å². The van der Waals surface area contributed by atoms with Crippen LogP contribution in [0.15, 0.2) is 30.5 Å². The molecule has 1 heterocycles. The van der Waals surface area contributed by atoms with Crippen LogP contribution in [0.1, 0.15) is 30.4 Å². The first-order chi connectivity index (χ1) is 7.70. The van der Waals surface area contributed by atoms with Crippen molar-refractivity contribution in [2.75, 3.05) is 0 Å². The minimum Gasteiger partial charge on any atom is -0.388 e. The Morgan fingerprint density at radius 1 is 1.31 bits per heavy atom. The summed E-state index contributed by atoms with van der Waals surface area (Å²) in [6.07, 6.45) is 2.37. The van der Waals surface area contributed by atoms with Crippen molar-refractivity contribution in [2.45, 2.75) is 26.4 Å². The van der Waals surface area contributed by atoms with E-state index in [1.54, 1.807) is 24.5 Å². The number of aliphatic hydroxyl groups excluding tert-OH is 1. The summed E-state index contributed by atoms with van der Waals surface area (Å²) in [4.78, 5) is 5.23. The van der Waals surface area contributed by atoms with Gasteiger partial charge < -0.3 is 5.11 Å². The van der Waals surface area contributed by atoms with E-state index in [1.165, 1.54) is 5.56 Å². The van der Waals surface area contributed by atoms with Gasteiger partial charge in [-0.05, 0) is 18.9 Å². The van der Waals surface area contributed by atoms with Crippen molar-refractivity contribution in [3.8, 4) is 10.6 Å². The Morgan fingerprint density at radius 2 is 2.00 bits per heavy atom. The summed E-state index contributed by atoms with van der Waals surface area (Å²) in [5.41, 5.74) is 2.45. The summed E-state index contributed by atoms with van der Waals surface area (Å²) in [6, 6.07) is 8.42. The molecule has 1 aromatic carbocycles. The summed E-state index contributed by atoms with van der Waals surface area (Å²) >= 11 is 1.55. The lowest BCUT2D eigenvalue weighted by molar-refractivity contribution is 0.203. The van der Waals surface area contributed by atoms with Crippen LogP contribution in [0.5, 0.6) is 0 Å². The lowest BCUT2D eigenvalue weighted by Gasteiger charge is -1.99. The molecule has 2 nitrogen and oxygen atoms in total. The minimum absolute atomic E-state index is 0.429. The number of nitrogens with zero attached hydrogens (tertiary/aromatic N) is 1. The molecule has 1 atom stereocenters. The van der Waals surface area contributed by atoms with E-state index >= 15 is 0 Å². The molecule has 0 aliphatic rings. The van der Waals surface area contributed by atoms with Gasteiger partial charge in [0.25, 0.3) is 0 Å². The van der Waals surface area contributed by atoms with Crippen molar-refractivity contribution in [2.24, 2.45) is 0 Å². The Kier molecular flexibility index (Phi) is 3.36. The van der Waals surface area contributed by atoms with Crippen molar-refractivity contribution in [3.05, 3.63) is 40.9 Å². The van der Waals surface area contributed by atoms with Crippen LogP contribution in [-0.2, 0) is 6.42 Å². The van der Waals surface area contributed by atoms with Crippen molar-refractivity contribution in [1.29, 1.82) is 0 Å². The molecule has 0 saturated heterocycles. The maximum Gasteiger partial charge on any atom is 0.123 e. The first-order valence-corrected chi connectivity index (χ1v) is 6.25. The molecule has 2 aromatic rings. The smallest absolute Gasteiger partial charge is 0.123 e. The molecule has 0 amide bonds. The maximum atomic E-state index is 9.44. The summed E-state index contributed by atoms with van der Waals surface area (Å²) in [6.45, 7) is 3.90. The number of aliphatic hydroxyl groups is 1. The number of aromatic nitrogens is 1. The van der Waals surface area contributed by atoms with Crippen LogP contribution in [0.3, 0.4) is 0 Å². The van der Waals surface area contributed by atoms with Gasteiger partial charge in [0, 0.05) is 11.8 Å². The van der Waals surface area contributed by atoms with Crippen LogP contribution in [0.4, 0.5) is 0 Å². The molecule has 1 N–H and O–H groups in total. The van der Waals surface area contributed by atoms with E-state index in [-0.39, 0.29) is 0 Å². The van der Waals surface area contributed by atoms with Gasteiger partial charge in [-0.3, -0.25) is 0 Å². The van der Waals surface area contributed by atoms with Gasteiger partial charge in [-0.1, -0.05) is 31.2 Å². The van der Waals surface area contributed by atoms with E-state index in [0.29, 0.717) is 0 Å². The molecule has 0 bridgehead atoms. The number of hydrogen-bond acceptors (Lipinski definition) is 3. The van der Waals surface area contributed by atoms with Crippen molar-refractivity contribution < 1.29 is 5.11 Å². The summed E-state index contributed by atoms with van der Waals surface area (Å²) in [5.74, 6) is 0. The molecule has 0 aliphatic heterocycles. The summed E-state index contributed by atoms with van der Waals surface area (Å²) < 4.78 is 0. The molecule has 0 spiro atoms. The fourth-order valence-electron chi connectivity index (χ4n) is 1.50. The second-order valence-electron chi connectivity index (χ2n) is 3.79. The Balaban J connectivity index is 2.28. The third kappa shape index (κ3) is 2.31. The molecule has 16 heavy (non-hydrogen) atoms. The third-order valence-corrected chi connectivity index (χ3v) is 3.76. The number of hydrogen-bond donors (Lipinski definition) is 1. The van der Waals surface area contributed by atoms with Crippen molar-refractivity contribution in [1.82, 2.24) is 4.98 Å². The summed E-state index contributed by atoms with van der Waals surface area (Å²) in [7, 11) is 0. The molecule has 0 fully saturated rings. The highest BCUT2D eigenvalue weighted by Gasteiger charge is 2.08. The Morgan fingerprint density at radius 3 is 2.50 bits per heavy atom. The molecular weight excluding hydrogens is 218 g/mol. The van der Waals surface area contributed by atoms with E-state index in [1.807, 2.05) is 0 Å². The van der Waals surface area contributed by atoms with Crippen LogP contribution in [-0.4, -0.2) is 10.1 Å². The van der Waals surface area contributed by atoms with E-state index in [0.717, 1.165) is 21.9 Å². The molecule has 1 unspecified atom stereocenters. The minimum atomic E-state index is -0.429. The van der Waals surface area contributed by atoms with E-state index in [9.17, 15) is 5.11 Å². The van der Waals surface area contributed by atoms with Gasteiger partial charge >= 0.3 is 0 Å². The third-order valence-electron chi connectivity index (χ3n) is 2.54. The molecule has 2 rings (SSSR count). The Hall–Kier alpha value is -1.19. The first-order valence-electron chi connectivity index (χ1n) is 5.43. The van der Waals surface area contributed by atoms with Crippen LogP contribution < -0.4 is 0 Å². The number of benzene rings is 1. The normalized spacial score (nSPS) is 12.7. The van der Waals surface area contributed by atoms with E-state index in [4.69, 9.17) is 0 Å². The molecule has 0 aliphatic carbocycles.